The molecule has 2 amide bonds. The van der Waals surface area contributed by atoms with E-state index in [9.17, 15) is 19.7 Å². The van der Waals surface area contributed by atoms with Crippen LogP contribution in [0, 0.1) is 10.1 Å². The molecule has 29 heavy (non-hydrogen) atoms. The Balaban J connectivity index is 1.65. The first-order valence-electron chi connectivity index (χ1n) is 8.49. The van der Waals surface area contributed by atoms with Gasteiger partial charge in [0.05, 0.1) is 16.7 Å². The lowest BCUT2D eigenvalue weighted by Gasteiger charge is -2.03. The van der Waals surface area contributed by atoms with Crippen LogP contribution >= 0.6 is 0 Å². The van der Waals surface area contributed by atoms with Crippen LogP contribution < -0.4 is 10.7 Å². The molecule has 146 valence electrons. The fourth-order valence-corrected chi connectivity index (χ4v) is 2.54. The smallest absolute Gasteiger partial charge is 0.280 e. The van der Waals surface area contributed by atoms with Crippen molar-refractivity contribution in [3.63, 3.8) is 0 Å². The number of para-hydroxylation sites is 1. The highest BCUT2D eigenvalue weighted by atomic mass is 16.6. The first-order valence-corrected chi connectivity index (χ1v) is 8.49. The first kappa shape index (κ1) is 19.5. The van der Waals surface area contributed by atoms with Crippen molar-refractivity contribution >= 4 is 29.4 Å². The third-order valence-electron chi connectivity index (χ3n) is 3.82. The molecule has 2 aromatic carbocycles. The van der Waals surface area contributed by atoms with Crippen LogP contribution in [0.2, 0.25) is 0 Å². The quantitative estimate of drug-likeness (QED) is 0.377. The summed E-state index contributed by atoms with van der Waals surface area (Å²) in [6.45, 7) is 1.39. The van der Waals surface area contributed by atoms with Crippen molar-refractivity contribution in [2.24, 2.45) is 5.10 Å². The average Bonchev–Trinajstić information content (AvgIpc) is 3.16. The normalized spacial score (nSPS) is 10.7. The van der Waals surface area contributed by atoms with Gasteiger partial charge in [0, 0.05) is 24.2 Å². The lowest BCUT2D eigenvalue weighted by atomic mass is 10.1. The maximum atomic E-state index is 12.1. The van der Waals surface area contributed by atoms with E-state index in [0.29, 0.717) is 28.3 Å². The zero-order chi connectivity index (χ0) is 20.8. The van der Waals surface area contributed by atoms with E-state index in [1.807, 2.05) is 0 Å². The summed E-state index contributed by atoms with van der Waals surface area (Å²) in [5.74, 6) is -0.00958. The molecule has 3 rings (SSSR count). The zero-order valence-corrected chi connectivity index (χ0v) is 15.3. The summed E-state index contributed by atoms with van der Waals surface area (Å²) in [7, 11) is 0. The van der Waals surface area contributed by atoms with E-state index < -0.39 is 10.8 Å². The van der Waals surface area contributed by atoms with Crippen LogP contribution in [0.25, 0.3) is 11.3 Å². The molecular weight excluding hydrogens is 376 g/mol. The van der Waals surface area contributed by atoms with Crippen LogP contribution in [-0.2, 0) is 4.79 Å². The summed E-state index contributed by atoms with van der Waals surface area (Å²) >= 11 is 0. The van der Waals surface area contributed by atoms with E-state index in [4.69, 9.17) is 4.42 Å². The number of hydrogen-bond donors (Lipinski definition) is 2. The number of nitrogens with zero attached hydrogens (tertiary/aromatic N) is 2. The van der Waals surface area contributed by atoms with E-state index in [2.05, 4.69) is 15.8 Å². The Morgan fingerprint density at radius 3 is 2.48 bits per heavy atom. The van der Waals surface area contributed by atoms with Crippen LogP contribution in [-0.4, -0.2) is 23.0 Å². The van der Waals surface area contributed by atoms with E-state index in [1.165, 1.54) is 19.2 Å². The molecule has 0 radical (unpaired) electrons. The SMILES string of the molecule is CC(=O)Nc1ccc(C(=O)N/N=C\c2ccc(-c3ccccc3[N+](=O)[O-])o2)cc1. The molecule has 0 bridgehead atoms. The number of furan rings is 1. The molecule has 0 aliphatic heterocycles. The van der Waals surface area contributed by atoms with Gasteiger partial charge in [-0.1, -0.05) is 12.1 Å². The lowest BCUT2D eigenvalue weighted by molar-refractivity contribution is -0.384. The number of nitrogens with one attached hydrogen (secondary N) is 2. The molecule has 0 saturated carbocycles. The topological polar surface area (TPSA) is 127 Å². The minimum absolute atomic E-state index is 0.0682. The van der Waals surface area contributed by atoms with E-state index >= 15 is 0 Å². The maximum absolute atomic E-state index is 12.1. The standard InChI is InChI=1S/C20H16N4O5/c1-13(25)22-15-8-6-14(7-9-15)20(26)23-21-12-16-10-11-19(29-16)17-4-2-3-5-18(17)24(27)28/h2-12H,1H3,(H,22,25)(H,23,26)/b21-12-. The number of carbonyl (C=O) groups excluding carboxylic acids is 2. The summed E-state index contributed by atoms with van der Waals surface area (Å²) in [6.07, 6.45) is 1.29. The summed E-state index contributed by atoms with van der Waals surface area (Å²) in [5.41, 5.74) is 3.58. The molecule has 9 heteroatoms. The summed E-state index contributed by atoms with van der Waals surface area (Å²) in [4.78, 5) is 33.7. The van der Waals surface area contributed by atoms with Gasteiger partial charge in [0.2, 0.25) is 5.91 Å². The molecule has 0 unspecified atom stereocenters. The summed E-state index contributed by atoms with van der Waals surface area (Å²) in [6, 6.07) is 15.7. The average molecular weight is 392 g/mol. The Labute approximate surface area is 165 Å². The lowest BCUT2D eigenvalue weighted by Crippen LogP contribution is -2.17. The largest absolute Gasteiger partial charge is 0.455 e. The Morgan fingerprint density at radius 2 is 1.79 bits per heavy atom. The van der Waals surface area contributed by atoms with Crippen molar-refractivity contribution in [3.8, 4) is 11.3 Å². The third kappa shape index (κ3) is 4.92. The van der Waals surface area contributed by atoms with E-state index in [0.717, 1.165) is 0 Å². The number of hydrazone groups is 1. The van der Waals surface area contributed by atoms with Gasteiger partial charge in [-0.3, -0.25) is 19.7 Å². The number of benzene rings is 2. The predicted octanol–water partition coefficient (Wildman–Crippen LogP) is 3.58. The minimum Gasteiger partial charge on any atom is -0.455 e. The van der Waals surface area contributed by atoms with Crippen LogP contribution in [0.15, 0.2) is 70.2 Å². The second-order valence-corrected chi connectivity index (χ2v) is 5.93. The molecule has 0 spiro atoms. The van der Waals surface area contributed by atoms with Gasteiger partial charge >= 0.3 is 0 Å². The highest BCUT2D eigenvalue weighted by Gasteiger charge is 2.16. The molecule has 1 heterocycles. The molecule has 0 atom stereocenters. The Morgan fingerprint density at radius 1 is 1.07 bits per heavy atom. The third-order valence-corrected chi connectivity index (χ3v) is 3.82. The van der Waals surface area contributed by atoms with Gasteiger partial charge in [0.25, 0.3) is 11.6 Å². The Kier molecular flexibility index (Phi) is 5.79. The van der Waals surface area contributed by atoms with E-state index in [-0.39, 0.29) is 11.6 Å². The first-order chi connectivity index (χ1) is 13.9. The molecular formula is C20H16N4O5. The summed E-state index contributed by atoms with van der Waals surface area (Å²) in [5, 5.41) is 17.6. The molecule has 0 saturated heterocycles. The number of nitro groups is 1. The van der Waals surface area contributed by atoms with Crippen LogP contribution in [0.5, 0.6) is 0 Å². The van der Waals surface area contributed by atoms with Crippen molar-refractivity contribution < 1.29 is 18.9 Å². The number of rotatable bonds is 6. The Hall–Kier alpha value is -4.27. The number of amides is 2. The van der Waals surface area contributed by atoms with Gasteiger partial charge in [-0.2, -0.15) is 5.10 Å². The molecule has 0 fully saturated rings. The zero-order valence-electron chi connectivity index (χ0n) is 15.3. The monoisotopic (exact) mass is 392 g/mol. The molecule has 0 aliphatic rings. The number of hydrogen-bond acceptors (Lipinski definition) is 6. The molecule has 0 aliphatic carbocycles. The van der Waals surface area contributed by atoms with Gasteiger partial charge in [-0.05, 0) is 42.5 Å². The highest BCUT2D eigenvalue weighted by Crippen LogP contribution is 2.30. The second kappa shape index (κ2) is 8.61. The molecule has 9 nitrogen and oxygen atoms in total. The number of anilines is 1. The fourth-order valence-electron chi connectivity index (χ4n) is 2.54. The van der Waals surface area contributed by atoms with Crippen LogP contribution in [0.1, 0.15) is 23.0 Å². The maximum Gasteiger partial charge on any atom is 0.280 e. The van der Waals surface area contributed by atoms with Crippen LogP contribution in [0.4, 0.5) is 11.4 Å². The highest BCUT2D eigenvalue weighted by molar-refractivity contribution is 5.96. The van der Waals surface area contributed by atoms with Crippen molar-refractivity contribution in [1.29, 1.82) is 0 Å². The number of nitro benzene ring substituents is 1. The fraction of sp³-hybridized carbons (Fsp3) is 0.0500. The van der Waals surface area contributed by atoms with Crippen molar-refractivity contribution in [1.82, 2.24) is 5.43 Å². The molecule has 1 aromatic heterocycles. The van der Waals surface area contributed by atoms with Gasteiger partial charge in [0.15, 0.2) is 0 Å². The van der Waals surface area contributed by atoms with Gasteiger partial charge in [-0.25, -0.2) is 5.43 Å². The van der Waals surface area contributed by atoms with Gasteiger partial charge in [0.1, 0.15) is 11.5 Å². The van der Waals surface area contributed by atoms with Crippen molar-refractivity contribution in [2.75, 3.05) is 5.32 Å². The summed E-state index contributed by atoms with van der Waals surface area (Å²) < 4.78 is 5.56. The van der Waals surface area contributed by atoms with Gasteiger partial charge < -0.3 is 9.73 Å². The minimum atomic E-state index is -0.483. The van der Waals surface area contributed by atoms with Crippen molar-refractivity contribution in [3.05, 3.63) is 82.1 Å². The van der Waals surface area contributed by atoms with E-state index in [1.54, 1.807) is 54.6 Å². The van der Waals surface area contributed by atoms with Crippen LogP contribution in [0.3, 0.4) is 0 Å². The Bertz CT molecular complexity index is 1090. The number of carbonyl (C=O) groups is 2. The second-order valence-electron chi connectivity index (χ2n) is 5.93. The van der Waals surface area contributed by atoms with Gasteiger partial charge in [-0.15, -0.1) is 0 Å². The predicted molar refractivity (Wildman–Crippen MR) is 107 cm³/mol. The molecule has 2 N–H and O–H groups in total. The molecule has 3 aromatic rings. The van der Waals surface area contributed by atoms with Crippen molar-refractivity contribution in [2.45, 2.75) is 6.92 Å².